The minimum Gasteiger partial charge on any atom is -0.454 e. The highest BCUT2D eigenvalue weighted by Gasteiger charge is 2.29. The van der Waals surface area contributed by atoms with Crippen molar-refractivity contribution in [1.29, 1.82) is 0 Å². The normalized spacial score (nSPS) is 19.9. The van der Waals surface area contributed by atoms with E-state index >= 15 is 0 Å². The summed E-state index contributed by atoms with van der Waals surface area (Å²) in [5, 5.41) is 6.76. The molecule has 5 rings (SSSR count). The highest BCUT2D eigenvalue weighted by Crippen LogP contribution is 2.36. The van der Waals surface area contributed by atoms with Crippen LogP contribution >= 0.6 is 11.3 Å². The fraction of sp³-hybridized carbons (Fsp3) is 0.565. The molecule has 1 aromatic carbocycles. The Hall–Kier alpha value is -2.12. The van der Waals surface area contributed by atoms with Crippen LogP contribution in [0.15, 0.2) is 23.6 Å². The number of aromatic nitrogens is 1. The van der Waals surface area contributed by atoms with Crippen LogP contribution in [-0.2, 0) is 11.3 Å². The Bertz CT molecular complexity index is 886. The van der Waals surface area contributed by atoms with Crippen molar-refractivity contribution in [3.63, 3.8) is 0 Å². The van der Waals surface area contributed by atoms with Crippen LogP contribution in [0.5, 0.6) is 11.5 Å². The van der Waals surface area contributed by atoms with Gasteiger partial charge in [-0.05, 0) is 43.9 Å². The summed E-state index contributed by atoms with van der Waals surface area (Å²) in [5.41, 5.74) is 2.12. The van der Waals surface area contributed by atoms with E-state index in [0.717, 1.165) is 73.1 Å². The highest BCUT2D eigenvalue weighted by atomic mass is 32.1. The first-order valence-corrected chi connectivity index (χ1v) is 12.0. The molecule has 30 heavy (non-hydrogen) atoms. The number of likely N-dealkylation sites (tertiary alicyclic amines) is 1. The summed E-state index contributed by atoms with van der Waals surface area (Å²) in [6.45, 7) is 2.82. The molecular weight excluding hydrogens is 398 g/mol. The summed E-state index contributed by atoms with van der Waals surface area (Å²) in [6.07, 6.45) is 7.96. The van der Waals surface area contributed by atoms with E-state index in [1.165, 1.54) is 19.3 Å². The Morgan fingerprint density at radius 1 is 1.10 bits per heavy atom. The number of carbonyl (C=O) groups excluding carboxylic acids is 1. The van der Waals surface area contributed by atoms with Gasteiger partial charge in [0, 0.05) is 42.5 Å². The largest absolute Gasteiger partial charge is 0.454 e. The maximum Gasteiger partial charge on any atom is 0.231 e. The average molecular weight is 428 g/mol. The van der Waals surface area contributed by atoms with E-state index in [9.17, 15) is 4.79 Å². The summed E-state index contributed by atoms with van der Waals surface area (Å²) in [6, 6.07) is 6.43. The second-order valence-corrected chi connectivity index (χ2v) is 9.39. The van der Waals surface area contributed by atoms with E-state index in [1.807, 2.05) is 18.2 Å². The quantitative estimate of drug-likeness (QED) is 0.775. The van der Waals surface area contributed by atoms with Gasteiger partial charge in [-0.25, -0.2) is 4.98 Å². The fourth-order valence-corrected chi connectivity index (χ4v) is 5.53. The Labute approximate surface area is 181 Å². The van der Waals surface area contributed by atoms with Gasteiger partial charge >= 0.3 is 0 Å². The third-order valence-electron chi connectivity index (χ3n) is 6.50. The Balaban J connectivity index is 1.10. The lowest BCUT2D eigenvalue weighted by atomic mass is 9.87. The zero-order valence-corrected chi connectivity index (χ0v) is 18.1. The molecule has 1 saturated carbocycles. The number of hydrogen-bond acceptors (Lipinski definition) is 6. The Morgan fingerprint density at radius 2 is 1.90 bits per heavy atom. The molecular formula is C23H29N3O3S. The van der Waals surface area contributed by atoms with Crippen LogP contribution in [0.25, 0.3) is 10.6 Å². The topological polar surface area (TPSA) is 63.7 Å². The van der Waals surface area contributed by atoms with Crippen molar-refractivity contribution in [1.82, 2.24) is 15.2 Å². The van der Waals surface area contributed by atoms with Crippen LogP contribution in [0, 0.1) is 5.92 Å². The third kappa shape index (κ3) is 4.32. The predicted molar refractivity (Wildman–Crippen MR) is 117 cm³/mol. The number of fused-ring (bicyclic) bond motifs is 1. The first kappa shape index (κ1) is 19.8. The van der Waals surface area contributed by atoms with Gasteiger partial charge in [0.25, 0.3) is 0 Å². The molecule has 0 bridgehead atoms. The van der Waals surface area contributed by atoms with E-state index in [-0.39, 0.29) is 12.7 Å². The molecule has 0 unspecified atom stereocenters. The van der Waals surface area contributed by atoms with Crippen molar-refractivity contribution in [2.24, 2.45) is 5.92 Å². The van der Waals surface area contributed by atoms with E-state index < -0.39 is 0 Å². The molecule has 3 heterocycles. The molecule has 1 amide bonds. The van der Waals surface area contributed by atoms with Crippen LogP contribution in [0.1, 0.15) is 50.6 Å². The lowest BCUT2D eigenvalue weighted by Crippen LogP contribution is -2.46. The number of rotatable bonds is 5. The number of nitrogens with one attached hydrogen (secondary N) is 1. The first-order valence-electron chi connectivity index (χ1n) is 11.1. The van der Waals surface area contributed by atoms with Crippen molar-refractivity contribution in [2.75, 3.05) is 19.9 Å². The standard InChI is InChI=1S/C23H29N3O3S/c27-23(16-4-2-1-3-5-16)26-10-8-18(9-11-26)24-13-19-14-30-22(25-19)17-6-7-20-21(12-17)29-15-28-20/h6-7,12,14,16,18,24H,1-5,8-11,13,15H2. The Kier molecular flexibility index (Phi) is 5.91. The Morgan fingerprint density at radius 3 is 2.73 bits per heavy atom. The van der Waals surface area contributed by atoms with Crippen LogP contribution < -0.4 is 14.8 Å². The summed E-state index contributed by atoms with van der Waals surface area (Å²) in [4.78, 5) is 19.6. The van der Waals surface area contributed by atoms with Gasteiger partial charge in [0.15, 0.2) is 11.5 Å². The van der Waals surface area contributed by atoms with Crippen LogP contribution in [0.3, 0.4) is 0 Å². The van der Waals surface area contributed by atoms with Crippen LogP contribution in [-0.4, -0.2) is 41.7 Å². The van der Waals surface area contributed by atoms with Crippen molar-refractivity contribution in [3.8, 4) is 22.1 Å². The number of benzene rings is 1. The molecule has 0 spiro atoms. The molecule has 2 aliphatic heterocycles. The molecule has 0 radical (unpaired) electrons. The third-order valence-corrected chi connectivity index (χ3v) is 7.44. The number of ether oxygens (including phenoxy) is 2. The summed E-state index contributed by atoms with van der Waals surface area (Å²) >= 11 is 1.65. The van der Waals surface area contributed by atoms with E-state index in [2.05, 4.69) is 15.6 Å². The fourth-order valence-electron chi connectivity index (χ4n) is 4.71. The molecule has 2 fully saturated rings. The predicted octanol–water partition coefficient (Wildman–Crippen LogP) is 4.20. The number of thiazole rings is 1. The average Bonchev–Trinajstić information content (AvgIpc) is 3.47. The van der Waals surface area contributed by atoms with Gasteiger partial charge in [-0.2, -0.15) is 0 Å². The maximum atomic E-state index is 12.7. The smallest absolute Gasteiger partial charge is 0.231 e. The number of amides is 1. The number of carbonyl (C=O) groups is 1. The molecule has 3 aliphatic rings. The van der Waals surface area contributed by atoms with Gasteiger partial charge in [0.1, 0.15) is 5.01 Å². The van der Waals surface area contributed by atoms with E-state index in [0.29, 0.717) is 11.9 Å². The summed E-state index contributed by atoms with van der Waals surface area (Å²) < 4.78 is 10.9. The lowest BCUT2D eigenvalue weighted by Gasteiger charge is -2.35. The monoisotopic (exact) mass is 427 g/mol. The van der Waals surface area contributed by atoms with Crippen molar-refractivity contribution >= 4 is 17.2 Å². The zero-order chi connectivity index (χ0) is 20.3. The van der Waals surface area contributed by atoms with Gasteiger partial charge in [-0.3, -0.25) is 4.79 Å². The summed E-state index contributed by atoms with van der Waals surface area (Å²) in [7, 11) is 0. The second-order valence-electron chi connectivity index (χ2n) is 8.53. The number of nitrogens with zero attached hydrogens (tertiary/aromatic N) is 2. The molecule has 2 aromatic rings. The van der Waals surface area contributed by atoms with Crippen molar-refractivity contribution < 1.29 is 14.3 Å². The van der Waals surface area contributed by atoms with Gasteiger partial charge in [0.2, 0.25) is 12.7 Å². The first-order chi connectivity index (χ1) is 14.8. The molecule has 1 N–H and O–H groups in total. The van der Waals surface area contributed by atoms with E-state index in [4.69, 9.17) is 14.5 Å². The molecule has 160 valence electrons. The minimum absolute atomic E-state index is 0.285. The second kappa shape index (κ2) is 8.94. The van der Waals surface area contributed by atoms with Gasteiger partial charge in [-0.1, -0.05) is 19.3 Å². The number of piperidine rings is 1. The highest BCUT2D eigenvalue weighted by molar-refractivity contribution is 7.13. The van der Waals surface area contributed by atoms with Crippen LogP contribution in [0.4, 0.5) is 0 Å². The zero-order valence-electron chi connectivity index (χ0n) is 17.3. The molecule has 6 nitrogen and oxygen atoms in total. The van der Waals surface area contributed by atoms with Gasteiger partial charge in [0.05, 0.1) is 5.69 Å². The lowest BCUT2D eigenvalue weighted by molar-refractivity contribution is -0.137. The SMILES string of the molecule is O=C(C1CCCCC1)N1CCC(NCc2csc(-c3ccc4c(c3)OCO4)n2)CC1. The summed E-state index contributed by atoms with van der Waals surface area (Å²) in [5.74, 6) is 2.27. The number of hydrogen-bond donors (Lipinski definition) is 1. The van der Waals surface area contributed by atoms with E-state index in [1.54, 1.807) is 11.3 Å². The molecule has 1 aromatic heterocycles. The molecule has 1 aliphatic carbocycles. The van der Waals surface area contributed by atoms with Crippen molar-refractivity contribution in [2.45, 2.75) is 57.5 Å². The molecule has 7 heteroatoms. The molecule has 0 atom stereocenters. The van der Waals surface area contributed by atoms with Crippen molar-refractivity contribution in [3.05, 3.63) is 29.3 Å². The van der Waals surface area contributed by atoms with Gasteiger partial charge < -0.3 is 19.7 Å². The maximum absolute atomic E-state index is 12.7. The minimum atomic E-state index is 0.285. The molecule has 1 saturated heterocycles. The van der Waals surface area contributed by atoms with Gasteiger partial charge in [-0.15, -0.1) is 11.3 Å². The van der Waals surface area contributed by atoms with Crippen LogP contribution in [0.2, 0.25) is 0 Å².